The first-order valence-corrected chi connectivity index (χ1v) is 8.18. The summed E-state index contributed by atoms with van der Waals surface area (Å²) in [6.45, 7) is 0.448. The van der Waals surface area contributed by atoms with E-state index in [-0.39, 0.29) is 25.5 Å². The third kappa shape index (κ3) is 4.99. The first-order chi connectivity index (χ1) is 12.4. The molecule has 0 aliphatic carbocycles. The number of hydrogen-bond donors (Lipinski definition) is 2. The van der Waals surface area contributed by atoms with Crippen molar-refractivity contribution in [2.75, 3.05) is 32.7 Å². The van der Waals surface area contributed by atoms with Gasteiger partial charge in [0.2, 0.25) is 5.91 Å². The van der Waals surface area contributed by atoms with Gasteiger partial charge in [0.1, 0.15) is 12.6 Å². The summed E-state index contributed by atoms with van der Waals surface area (Å²) in [5.41, 5.74) is -0.162. The molecule has 0 bridgehead atoms. The van der Waals surface area contributed by atoms with Gasteiger partial charge in [0.05, 0.1) is 0 Å². The third-order valence-corrected chi connectivity index (χ3v) is 4.24. The number of piperazine rings is 1. The van der Waals surface area contributed by atoms with Gasteiger partial charge >= 0.3 is 11.9 Å². The van der Waals surface area contributed by atoms with Crippen molar-refractivity contribution in [2.45, 2.75) is 18.8 Å². The predicted octanol–water partition coefficient (Wildman–Crippen LogP) is -0.130. The van der Waals surface area contributed by atoms with E-state index in [9.17, 15) is 22.8 Å². The van der Waals surface area contributed by atoms with Crippen LogP contribution >= 0.6 is 12.4 Å². The molecule has 1 aliphatic heterocycles. The lowest BCUT2D eigenvalue weighted by atomic mass is 10.2. The summed E-state index contributed by atoms with van der Waals surface area (Å²) in [6, 6.07) is 3.17. The smallest absolute Gasteiger partial charge is 0.353 e. The van der Waals surface area contributed by atoms with Gasteiger partial charge in [0.25, 0.3) is 0 Å². The van der Waals surface area contributed by atoms with Crippen LogP contribution in [0.1, 0.15) is 0 Å². The highest BCUT2D eigenvalue weighted by Crippen LogP contribution is 2.24. The average Bonchev–Trinajstić information content (AvgIpc) is 2.91. The SMILES string of the molecule is Cl.O=C(Cn1nc2ccccn2c1=O)NCC(N1CCNCC1)C(F)(F)F. The molecule has 3 rings (SSSR count). The average molecular weight is 409 g/mol. The topological polar surface area (TPSA) is 83.7 Å². The molecule has 1 amide bonds. The summed E-state index contributed by atoms with van der Waals surface area (Å²) < 4.78 is 42.1. The van der Waals surface area contributed by atoms with E-state index in [1.807, 2.05) is 0 Å². The normalized spacial score (nSPS) is 16.7. The fraction of sp³-hybridized carbons (Fsp3) is 0.533. The number of nitrogens with one attached hydrogen (secondary N) is 2. The molecule has 1 atom stereocenters. The van der Waals surface area contributed by atoms with E-state index >= 15 is 0 Å². The number of alkyl halides is 3. The largest absolute Gasteiger partial charge is 0.405 e. The van der Waals surface area contributed by atoms with Gasteiger partial charge in [-0.05, 0) is 12.1 Å². The Bertz CT molecular complexity index is 831. The van der Waals surface area contributed by atoms with Gasteiger partial charge in [-0.1, -0.05) is 6.07 Å². The molecule has 8 nitrogen and oxygen atoms in total. The van der Waals surface area contributed by atoms with Crippen molar-refractivity contribution < 1.29 is 18.0 Å². The minimum Gasteiger partial charge on any atom is -0.353 e. The van der Waals surface area contributed by atoms with Crippen LogP contribution in [0.25, 0.3) is 5.65 Å². The third-order valence-electron chi connectivity index (χ3n) is 4.24. The Hall–Kier alpha value is -2.11. The number of nitrogens with zero attached hydrogens (tertiary/aromatic N) is 4. The number of carbonyl (C=O) groups is 1. The maximum atomic E-state index is 13.3. The van der Waals surface area contributed by atoms with Crippen LogP contribution in [0.4, 0.5) is 13.2 Å². The Morgan fingerprint density at radius 2 is 2.00 bits per heavy atom. The van der Waals surface area contributed by atoms with Crippen LogP contribution in [0.3, 0.4) is 0 Å². The van der Waals surface area contributed by atoms with Crippen LogP contribution in [-0.2, 0) is 11.3 Å². The molecule has 1 saturated heterocycles. The highest BCUT2D eigenvalue weighted by atomic mass is 35.5. The second kappa shape index (κ2) is 8.72. The summed E-state index contributed by atoms with van der Waals surface area (Å²) >= 11 is 0. The number of halogens is 4. The van der Waals surface area contributed by atoms with Gasteiger partial charge < -0.3 is 10.6 Å². The summed E-state index contributed by atoms with van der Waals surface area (Å²) in [5, 5.41) is 9.25. The Kier molecular flexibility index (Phi) is 6.84. The number of fused-ring (bicyclic) bond motifs is 1. The van der Waals surface area contributed by atoms with Crippen molar-refractivity contribution in [3.05, 3.63) is 34.9 Å². The summed E-state index contributed by atoms with van der Waals surface area (Å²) in [7, 11) is 0. The fourth-order valence-electron chi connectivity index (χ4n) is 2.92. The Labute approximate surface area is 158 Å². The van der Waals surface area contributed by atoms with Crippen molar-refractivity contribution in [2.24, 2.45) is 0 Å². The molecule has 2 aromatic heterocycles. The molecular formula is C15H20ClF3N6O2. The quantitative estimate of drug-likeness (QED) is 0.720. The van der Waals surface area contributed by atoms with E-state index in [1.54, 1.807) is 18.2 Å². The fourth-order valence-corrected chi connectivity index (χ4v) is 2.92. The van der Waals surface area contributed by atoms with Crippen LogP contribution in [0, 0.1) is 0 Å². The first-order valence-electron chi connectivity index (χ1n) is 8.18. The number of carbonyl (C=O) groups excluding carboxylic acids is 1. The minimum atomic E-state index is -4.45. The molecular weight excluding hydrogens is 389 g/mol. The zero-order chi connectivity index (χ0) is 18.7. The highest BCUT2D eigenvalue weighted by Gasteiger charge is 2.43. The minimum absolute atomic E-state index is 0. The number of hydrogen-bond acceptors (Lipinski definition) is 5. The Balaban J connectivity index is 0.00000261. The number of amides is 1. The standard InChI is InChI=1S/C15H19F3N6O2.ClH/c16-15(17,18)11(22-7-4-19-5-8-22)9-20-13(25)10-24-14(26)23-6-2-1-3-12(23)21-24;/h1-3,6,11,19H,4-5,7-10H2,(H,20,25);1H. The van der Waals surface area contributed by atoms with Crippen LogP contribution in [0.5, 0.6) is 0 Å². The van der Waals surface area contributed by atoms with Crippen LogP contribution in [0.2, 0.25) is 0 Å². The van der Waals surface area contributed by atoms with E-state index in [4.69, 9.17) is 0 Å². The van der Waals surface area contributed by atoms with Crippen LogP contribution in [-0.4, -0.2) is 69.9 Å². The molecule has 3 heterocycles. The van der Waals surface area contributed by atoms with Gasteiger partial charge in [-0.2, -0.15) is 13.2 Å². The second-order valence-corrected chi connectivity index (χ2v) is 6.02. The monoisotopic (exact) mass is 408 g/mol. The van der Waals surface area contributed by atoms with E-state index in [2.05, 4.69) is 15.7 Å². The van der Waals surface area contributed by atoms with E-state index in [0.717, 1.165) is 4.68 Å². The van der Waals surface area contributed by atoms with Crippen molar-refractivity contribution in [1.82, 2.24) is 29.7 Å². The summed E-state index contributed by atoms with van der Waals surface area (Å²) in [4.78, 5) is 25.4. The second-order valence-electron chi connectivity index (χ2n) is 6.02. The molecule has 1 fully saturated rings. The van der Waals surface area contributed by atoms with Crippen LogP contribution < -0.4 is 16.3 Å². The lowest BCUT2D eigenvalue weighted by Gasteiger charge is -2.35. The van der Waals surface area contributed by atoms with Crippen molar-refractivity contribution in [1.29, 1.82) is 0 Å². The lowest BCUT2D eigenvalue weighted by Crippen LogP contribution is -2.57. The summed E-state index contributed by atoms with van der Waals surface area (Å²) in [5.74, 6) is -0.695. The van der Waals surface area contributed by atoms with E-state index in [0.29, 0.717) is 18.7 Å². The molecule has 0 aromatic carbocycles. The summed E-state index contributed by atoms with van der Waals surface area (Å²) in [6.07, 6.45) is -2.95. The molecule has 1 aliphatic rings. The molecule has 2 aromatic rings. The molecule has 27 heavy (non-hydrogen) atoms. The Morgan fingerprint density at radius 3 is 2.63 bits per heavy atom. The van der Waals surface area contributed by atoms with Gasteiger partial charge in [-0.25, -0.2) is 9.48 Å². The van der Waals surface area contributed by atoms with Crippen molar-refractivity contribution in [3.63, 3.8) is 0 Å². The molecule has 150 valence electrons. The van der Waals surface area contributed by atoms with Gasteiger partial charge in [0, 0.05) is 38.9 Å². The highest BCUT2D eigenvalue weighted by molar-refractivity contribution is 5.85. The maximum Gasteiger partial charge on any atom is 0.405 e. The predicted molar refractivity (Wildman–Crippen MR) is 94.0 cm³/mol. The van der Waals surface area contributed by atoms with Gasteiger partial charge in [-0.3, -0.25) is 14.1 Å². The lowest BCUT2D eigenvalue weighted by molar-refractivity contribution is -0.184. The van der Waals surface area contributed by atoms with Crippen LogP contribution in [0.15, 0.2) is 29.2 Å². The number of aromatic nitrogens is 3. The maximum absolute atomic E-state index is 13.3. The molecule has 0 radical (unpaired) electrons. The van der Waals surface area contributed by atoms with Crippen molar-refractivity contribution in [3.8, 4) is 0 Å². The van der Waals surface area contributed by atoms with E-state index < -0.39 is 36.9 Å². The van der Waals surface area contributed by atoms with E-state index in [1.165, 1.54) is 15.5 Å². The molecule has 0 saturated carbocycles. The van der Waals surface area contributed by atoms with Crippen molar-refractivity contribution >= 4 is 24.0 Å². The van der Waals surface area contributed by atoms with Gasteiger partial charge in [0.15, 0.2) is 5.65 Å². The Morgan fingerprint density at radius 1 is 1.30 bits per heavy atom. The zero-order valence-electron chi connectivity index (χ0n) is 14.3. The zero-order valence-corrected chi connectivity index (χ0v) is 15.1. The molecule has 0 spiro atoms. The number of pyridine rings is 1. The molecule has 1 unspecified atom stereocenters. The molecule has 12 heteroatoms. The molecule has 2 N–H and O–H groups in total. The number of rotatable bonds is 5. The van der Waals surface area contributed by atoms with Gasteiger partial charge in [-0.15, -0.1) is 17.5 Å². The first kappa shape index (κ1) is 21.2.